The molecule has 0 radical (unpaired) electrons. The van der Waals surface area contributed by atoms with Crippen molar-refractivity contribution >= 4 is 11.6 Å². The van der Waals surface area contributed by atoms with Gasteiger partial charge in [-0.15, -0.1) is 0 Å². The fourth-order valence-electron chi connectivity index (χ4n) is 2.52. The molecule has 0 fully saturated rings. The van der Waals surface area contributed by atoms with Crippen LogP contribution in [0.1, 0.15) is 25.0 Å². The molecular formula is C19H23FN2O. The Labute approximate surface area is 137 Å². The summed E-state index contributed by atoms with van der Waals surface area (Å²) in [6, 6.07) is 14.3. The molecule has 122 valence electrons. The number of carbonyl (C=O) groups excluding carboxylic acids is 1. The molecule has 0 spiro atoms. The lowest BCUT2D eigenvalue weighted by molar-refractivity contribution is -0.117. The quantitative estimate of drug-likeness (QED) is 0.842. The number of nitrogens with zero attached hydrogens (tertiary/aromatic N) is 1. The van der Waals surface area contributed by atoms with Gasteiger partial charge in [0.25, 0.3) is 0 Å². The molecule has 0 aliphatic rings. The predicted molar refractivity (Wildman–Crippen MR) is 91.8 cm³/mol. The molecule has 0 bridgehead atoms. The molecule has 1 N–H and O–H groups in total. The number of amides is 1. The zero-order chi connectivity index (χ0) is 16.7. The molecule has 0 unspecified atom stereocenters. The predicted octanol–water partition coefficient (Wildman–Crippen LogP) is 3.85. The highest BCUT2D eigenvalue weighted by molar-refractivity contribution is 5.93. The topological polar surface area (TPSA) is 32.3 Å². The van der Waals surface area contributed by atoms with Gasteiger partial charge < -0.3 is 5.32 Å². The van der Waals surface area contributed by atoms with E-state index in [4.69, 9.17) is 0 Å². The highest BCUT2D eigenvalue weighted by Gasteiger charge is 2.11. The Morgan fingerprint density at radius 3 is 2.61 bits per heavy atom. The van der Waals surface area contributed by atoms with Crippen LogP contribution in [-0.2, 0) is 17.8 Å². The molecule has 3 nitrogen and oxygen atoms in total. The Kier molecular flexibility index (Phi) is 6.29. The summed E-state index contributed by atoms with van der Waals surface area (Å²) in [5, 5.41) is 2.97. The van der Waals surface area contributed by atoms with Gasteiger partial charge in [0.15, 0.2) is 0 Å². The number of carbonyl (C=O) groups is 1. The van der Waals surface area contributed by atoms with Crippen molar-refractivity contribution in [2.45, 2.75) is 26.8 Å². The van der Waals surface area contributed by atoms with Crippen LogP contribution in [0, 0.1) is 5.82 Å². The summed E-state index contributed by atoms with van der Waals surface area (Å²) >= 11 is 0. The third-order valence-corrected chi connectivity index (χ3v) is 3.78. The van der Waals surface area contributed by atoms with Crippen LogP contribution in [0.2, 0.25) is 0 Å². The maximum Gasteiger partial charge on any atom is 0.238 e. The van der Waals surface area contributed by atoms with E-state index in [0.717, 1.165) is 29.8 Å². The summed E-state index contributed by atoms with van der Waals surface area (Å²) in [6.07, 6.45) is 0.872. The first-order valence-electron chi connectivity index (χ1n) is 7.97. The van der Waals surface area contributed by atoms with Crippen molar-refractivity contribution in [3.05, 3.63) is 65.5 Å². The third kappa shape index (κ3) is 5.18. The summed E-state index contributed by atoms with van der Waals surface area (Å²) in [4.78, 5) is 14.3. The molecule has 23 heavy (non-hydrogen) atoms. The van der Waals surface area contributed by atoms with Gasteiger partial charge in [0, 0.05) is 12.2 Å². The van der Waals surface area contributed by atoms with E-state index in [1.165, 1.54) is 12.1 Å². The Bertz CT molecular complexity index is 657. The van der Waals surface area contributed by atoms with Gasteiger partial charge in [0.2, 0.25) is 5.91 Å². The highest BCUT2D eigenvalue weighted by atomic mass is 19.1. The Hall–Kier alpha value is -2.20. The monoisotopic (exact) mass is 314 g/mol. The summed E-state index contributed by atoms with van der Waals surface area (Å²) in [7, 11) is 0. The fourth-order valence-corrected chi connectivity index (χ4v) is 2.52. The zero-order valence-electron chi connectivity index (χ0n) is 13.7. The first-order chi connectivity index (χ1) is 11.1. The molecule has 1 amide bonds. The van der Waals surface area contributed by atoms with E-state index < -0.39 is 0 Å². The SMILES string of the molecule is CCc1ccccc1NC(=O)CN(CC)Cc1cccc(F)c1. The maximum atomic E-state index is 13.3. The van der Waals surface area contributed by atoms with E-state index in [1.807, 2.05) is 42.2 Å². The zero-order valence-corrected chi connectivity index (χ0v) is 13.7. The molecular weight excluding hydrogens is 291 g/mol. The lowest BCUT2D eigenvalue weighted by Gasteiger charge is -2.20. The molecule has 2 aromatic carbocycles. The first-order valence-corrected chi connectivity index (χ1v) is 7.97. The molecule has 0 aliphatic carbocycles. The number of halogens is 1. The van der Waals surface area contributed by atoms with E-state index in [0.29, 0.717) is 6.54 Å². The number of anilines is 1. The maximum absolute atomic E-state index is 13.3. The van der Waals surface area contributed by atoms with Gasteiger partial charge in [-0.3, -0.25) is 9.69 Å². The summed E-state index contributed by atoms with van der Waals surface area (Å²) in [6.45, 7) is 5.61. The number of hydrogen-bond donors (Lipinski definition) is 1. The van der Waals surface area contributed by atoms with Crippen LogP contribution in [0.15, 0.2) is 48.5 Å². The Morgan fingerprint density at radius 2 is 1.91 bits per heavy atom. The first kappa shape index (κ1) is 17.2. The van der Waals surface area contributed by atoms with Crippen LogP contribution in [-0.4, -0.2) is 23.9 Å². The van der Waals surface area contributed by atoms with Crippen LogP contribution in [0.3, 0.4) is 0 Å². The number of likely N-dealkylation sites (N-methyl/N-ethyl adjacent to an activating group) is 1. The molecule has 0 aliphatic heterocycles. The van der Waals surface area contributed by atoms with Gasteiger partial charge in [-0.05, 0) is 42.3 Å². The van der Waals surface area contributed by atoms with Gasteiger partial charge in [0.05, 0.1) is 6.54 Å². The van der Waals surface area contributed by atoms with Crippen LogP contribution in [0.5, 0.6) is 0 Å². The smallest absolute Gasteiger partial charge is 0.238 e. The van der Waals surface area contributed by atoms with Crippen molar-refractivity contribution in [2.24, 2.45) is 0 Å². The minimum absolute atomic E-state index is 0.0517. The number of benzene rings is 2. The highest BCUT2D eigenvalue weighted by Crippen LogP contribution is 2.15. The lowest BCUT2D eigenvalue weighted by atomic mass is 10.1. The number of para-hydroxylation sites is 1. The van der Waals surface area contributed by atoms with Crippen molar-refractivity contribution in [1.82, 2.24) is 4.90 Å². The van der Waals surface area contributed by atoms with Crippen molar-refractivity contribution in [1.29, 1.82) is 0 Å². The molecule has 0 heterocycles. The van der Waals surface area contributed by atoms with Crippen molar-refractivity contribution in [3.8, 4) is 0 Å². The van der Waals surface area contributed by atoms with E-state index in [1.54, 1.807) is 6.07 Å². The second-order valence-corrected chi connectivity index (χ2v) is 5.49. The van der Waals surface area contributed by atoms with Crippen LogP contribution >= 0.6 is 0 Å². The molecule has 4 heteroatoms. The average molecular weight is 314 g/mol. The normalized spacial score (nSPS) is 10.8. The second kappa shape index (κ2) is 8.44. The summed E-state index contributed by atoms with van der Waals surface area (Å²) in [5.74, 6) is -0.302. The average Bonchev–Trinajstić information content (AvgIpc) is 2.54. The second-order valence-electron chi connectivity index (χ2n) is 5.49. The van der Waals surface area contributed by atoms with Gasteiger partial charge in [-0.25, -0.2) is 4.39 Å². The number of hydrogen-bond acceptors (Lipinski definition) is 2. The van der Waals surface area contributed by atoms with E-state index in [2.05, 4.69) is 12.2 Å². The van der Waals surface area contributed by atoms with E-state index in [-0.39, 0.29) is 18.3 Å². The minimum Gasteiger partial charge on any atom is -0.325 e. The van der Waals surface area contributed by atoms with Gasteiger partial charge in [-0.1, -0.05) is 44.2 Å². The summed E-state index contributed by atoms with van der Waals surface area (Å²) < 4.78 is 13.3. The standard InChI is InChI=1S/C19H23FN2O/c1-3-16-9-5-6-11-18(16)21-19(23)14-22(4-2)13-15-8-7-10-17(20)12-15/h5-12H,3-4,13-14H2,1-2H3,(H,21,23). The molecule has 0 atom stereocenters. The fraction of sp³-hybridized carbons (Fsp3) is 0.316. The summed E-state index contributed by atoms with van der Waals surface area (Å²) in [5.41, 5.74) is 2.85. The van der Waals surface area contributed by atoms with E-state index in [9.17, 15) is 9.18 Å². The van der Waals surface area contributed by atoms with Gasteiger partial charge in [0.1, 0.15) is 5.82 Å². The van der Waals surface area contributed by atoms with Crippen LogP contribution < -0.4 is 5.32 Å². The number of aryl methyl sites for hydroxylation is 1. The molecule has 0 aromatic heterocycles. The Morgan fingerprint density at radius 1 is 1.13 bits per heavy atom. The lowest BCUT2D eigenvalue weighted by Crippen LogP contribution is -2.33. The van der Waals surface area contributed by atoms with Crippen LogP contribution in [0.25, 0.3) is 0 Å². The largest absolute Gasteiger partial charge is 0.325 e. The molecule has 2 aromatic rings. The van der Waals surface area contributed by atoms with Crippen LogP contribution in [0.4, 0.5) is 10.1 Å². The van der Waals surface area contributed by atoms with Crippen molar-refractivity contribution < 1.29 is 9.18 Å². The Balaban J connectivity index is 1.97. The molecule has 2 rings (SSSR count). The molecule has 0 saturated carbocycles. The molecule has 0 saturated heterocycles. The minimum atomic E-state index is -0.250. The van der Waals surface area contributed by atoms with Gasteiger partial charge in [-0.2, -0.15) is 0 Å². The van der Waals surface area contributed by atoms with E-state index >= 15 is 0 Å². The van der Waals surface area contributed by atoms with Crippen molar-refractivity contribution in [2.75, 3.05) is 18.4 Å². The third-order valence-electron chi connectivity index (χ3n) is 3.78. The number of nitrogens with one attached hydrogen (secondary N) is 1. The van der Waals surface area contributed by atoms with Gasteiger partial charge >= 0.3 is 0 Å². The van der Waals surface area contributed by atoms with Crippen molar-refractivity contribution in [3.63, 3.8) is 0 Å². The number of rotatable bonds is 7.